The van der Waals surface area contributed by atoms with Crippen molar-refractivity contribution in [1.29, 1.82) is 0 Å². The largest absolute Gasteiger partial charge is 0.461 e. The number of nitrogens with zero attached hydrogens (tertiary/aromatic N) is 1. The van der Waals surface area contributed by atoms with Crippen LogP contribution in [-0.2, 0) is 4.74 Å². The van der Waals surface area contributed by atoms with Gasteiger partial charge in [0.25, 0.3) is 0 Å². The Bertz CT molecular complexity index is 694. The fourth-order valence-electron chi connectivity index (χ4n) is 5.76. The number of likely N-dealkylation sites (N-methyl/N-ethyl adjacent to an activating group) is 1. The van der Waals surface area contributed by atoms with Gasteiger partial charge in [-0.2, -0.15) is 0 Å². The molecule has 0 atom stereocenters. The zero-order chi connectivity index (χ0) is 19.7. The number of anilines is 1. The number of ether oxygens (including phenoxy) is 1. The first-order chi connectivity index (χ1) is 13.4. The highest BCUT2D eigenvalue weighted by molar-refractivity contribution is 5.92. The number of esters is 1. The van der Waals surface area contributed by atoms with Gasteiger partial charge in [-0.25, -0.2) is 9.59 Å². The van der Waals surface area contributed by atoms with E-state index in [1.54, 1.807) is 24.3 Å². The highest BCUT2D eigenvalue weighted by atomic mass is 16.5. The first-order valence-corrected chi connectivity index (χ1v) is 10.4. The fraction of sp³-hybridized carbons (Fsp3) is 0.636. The van der Waals surface area contributed by atoms with E-state index in [9.17, 15) is 9.59 Å². The van der Waals surface area contributed by atoms with Crippen LogP contribution in [0.2, 0.25) is 0 Å². The molecule has 1 aromatic carbocycles. The zero-order valence-electron chi connectivity index (χ0n) is 16.9. The standard InChI is InChI=1S/C22H31N3O3/c1-25(2)7-8-28-20(26)18-3-5-19(6-4-18)23-21(27)24-22-12-15-9-16(13-22)11-17(10-15)14-22/h3-6,15-17H,7-14H2,1-2H3,(H2,23,24,27). The summed E-state index contributed by atoms with van der Waals surface area (Å²) in [7, 11) is 3.87. The Hall–Kier alpha value is -2.08. The number of nitrogens with one attached hydrogen (secondary N) is 2. The van der Waals surface area contributed by atoms with Crippen LogP contribution in [0.25, 0.3) is 0 Å². The number of rotatable bonds is 6. The Labute approximate surface area is 167 Å². The molecule has 4 saturated carbocycles. The Kier molecular flexibility index (Phi) is 5.32. The molecule has 4 aliphatic carbocycles. The van der Waals surface area contributed by atoms with E-state index in [0.717, 1.165) is 37.0 Å². The maximum atomic E-state index is 12.6. The topological polar surface area (TPSA) is 70.7 Å². The van der Waals surface area contributed by atoms with Crippen LogP contribution >= 0.6 is 0 Å². The number of hydrogen-bond donors (Lipinski definition) is 2. The van der Waals surface area contributed by atoms with Crippen LogP contribution in [0.15, 0.2) is 24.3 Å². The van der Waals surface area contributed by atoms with Gasteiger partial charge in [-0.1, -0.05) is 0 Å². The van der Waals surface area contributed by atoms with E-state index in [0.29, 0.717) is 24.4 Å². The van der Waals surface area contributed by atoms with Crippen LogP contribution in [-0.4, -0.2) is 49.7 Å². The van der Waals surface area contributed by atoms with E-state index < -0.39 is 0 Å². The van der Waals surface area contributed by atoms with E-state index >= 15 is 0 Å². The first-order valence-electron chi connectivity index (χ1n) is 10.4. The minimum atomic E-state index is -0.341. The van der Waals surface area contributed by atoms with Gasteiger partial charge in [0.05, 0.1) is 5.56 Å². The lowest BCUT2D eigenvalue weighted by Crippen LogP contribution is -2.60. The molecule has 4 bridgehead atoms. The second-order valence-corrected chi connectivity index (χ2v) is 9.29. The van der Waals surface area contributed by atoms with Crippen molar-refractivity contribution in [2.45, 2.75) is 44.1 Å². The molecule has 0 saturated heterocycles. The van der Waals surface area contributed by atoms with Gasteiger partial charge in [0, 0.05) is 17.8 Å². The third-order valence-electron chi connectivity index (χ3n) is 6.57. The Morgan fingerprint density at radius 3 is 2.14 bits per heavy atom. The van der Waals surface area contributed by atoms with E-state index in [-0.39, 0.29) is 17.5 Å². The fourth-order valence-corrected chi connectivity index (χ4v) is 5.76. The molecule has 0 radical (unpaired) electrons. The van der Waals surface area contributed by atoms with Gasteiger partial charge in [-0.15, -0.1) is 0 Å². The van der Waals surface area contributed by atoms with Crippen LogP contribution < -0.4 is 10.6 Å². The van der Waals surface area contributed by atoms with Crippen molar-refractivity contribution in [3.63, 3.8) is 0 Å². The Morgan fingerprint density at radius 1 is 1.04 bits per heavy atom. The molecule has 4 aliphatic rings. The number of carbonyl (C=O) groups excluding carboxylic acids is 2. The zero-order valence-corrected chi connectivity index (χ0v) is 16.9. The van der Waals surface area contributed by atoms with E-state index in [1.165, 1.54) is 19.3 Å². The van der Waals surface area contributed by atoms with E-state index in [1.807, 2.05) is 19.0 Å². The SMILES string of the molecule is CN(C)CCOC(=O)c1ccc(NC(=O)NC23CC4CC(CC(C4)C2)C3)cc1. The predicted molar refractivity (Wildman–Crippen MR) is 108 cm³/mol. The molecule has 1 aromatic rings. The minimum absolute atomic E-state index is 0.00494. The van der Waals surface area contributed by atoms with Gasteiger partial charge in [0.2, 0.25) is 0 Å². The second kappa shape index (κ2) is 7.74. The number of carbonyl (C=O) groups is 2. The minimum Gasteiger partial charge on any atom is -0.461 e. The molecule has 6 heteroatoms. The van der Waals surface area contributed by atoms with Crippen molar-refractivity contribution in [3.8, 4) is 0 Å². The van der Waals surface area contributed by atoms with Crippen molar-refractivity contribution in [1.82, 2.24) is 10.2 Å². The number of hydrogen-bond acceptors (Lipinski definition) is 4. The van der Waals surface area contributed by atoms with Crippen molar-refractivity contribution in [3.05, 3.63) is 29.8 Å². The van der Waals surface area contributed by atoms with Crippen molar-refractivity contribution in [2.24, 2.45) is 17.8 Å². The molecule has 2 amide bonds. The molecule has 0 unspecified atom stereocenters. The lowest BCUT2D eigenvalue weighted by Gasteiger charge is -2.56. The van der Waals surface area contributed by atoms with E-state index in [4.69, 9.17) is 4.74 Å². The monoisotopic (exact) mass is 385 g/mol. The normalized spacial score (nSPS) is 30.3. The highest BCUT2D eigenvalue weighted by Crippen LogP contribution is 2.55. The average Bonchev–Trinajstić information content (AvgIpc) is 2.60. The summed E-state index contributed by atoms with van der Waals surface area (Å²) in [4.78, 5) is 26.6. The highest BCUT2D eigenvalue weighted by Gasteiger charge is 2.51. The van der Waals surface area contributed by atoms with Gasteiger partial charge >= 0.3 is 12.0 Å². The number of benzene rings is 1. The summed E-state index contributed by atoms with van der Waals surface area (Å²) in [6.45, 7) is 1.05. The number of urea groups is 1. The molecular formula is C22H31N3O3. The molecule has 4 fully saturated rings. The molecule has 0 aromatic heterocycles. The molecule has 6 nitrogen and oxygen atoms in total. The summed E-state index contributed by atoms with van der Waals surface area (Å²) in [6.07, 6.45) is 7.45. The lowest BCUT2D eigenvalue weighted by molar-refractivity contribution is -0.0127. The molecular weight excluding hydrogens is 354 g/mol. The summed E-state index contributed by atoms with van der Waals surface area (Å²) in [5.74, 6) is 2.05. The quantitative estimate of drug-likeness (QED) is 0.736. The third-order valence-corrected chi connectivity index (χ3v) is 6.57. The lowest BCUT2D eigenvalue weighted by atomic mass is 9.53. The van der Waals surface area contributed by atoms with Gasteiger partial charge in [-0.3, -0.25) is 0 Å². The van der Waals surface area contributed by atoms with Crippen LogP contribution in [0.1, 0.15) is 48.9 Å². The summed E-state index contributed by atoms with van der Waals surface area (Å²) >= 11 is 0. The summed E-state index contributed by atoms with van der Waals surface area (Å²) in [6, 6.07) is 6.75. The molecule has 0 heterocycles. The van der Waals surface area contributed by atoms with Crippen molar-refractivity contribution >= 4 is 17.7 Å². The first kappa shape index (κ1) is 19.2. The smallest absolute Gasteiger partial charge is 0.338 e. The predicted octanol–water partition coefficient (Wildman–Crippen LogP) is 3.50. The Morgan fingerprint density at radius 2 is 1.61 bits per heavy atom. The van der Waals surface area contributed by atoms with Gasteiger partial charge < -0.3 is 20.3 Å². The van der Waals surface area contributed by atoms with Crippen LogP contribution in [0.3, 0.4) is 0 Å². The van der Waals surface area contributed by atoms with Crippen molar-refractivity contribution in [2.75, 3.05) is 32.6 Å². The summed E-state index contributed by atoms with van der Waals surface area (Å²) < 4.78 is 5.24. The Balaban J connectivity index is 1.30. The molecule has 0 spiro atoms. The maximum Gasteiger partial charge on any atom is 0.338 e. The molecule has 5 rings (SSSR count). The molecule has 152 valence electrons. The summed E-state index contributed by atoms with van der Waals surface area (Å²) in [5, 5.41) is 6.23. The van der Waals surface area contributed by atoms with Gasteiger partial charge in [0.1, 0.15) is 6.61 Å². The van der Waals surface area contributed by atoms with Crippen LogP contribution in [0.4, 0.5) is 10.5 Å². The van der Waals surface area contributed by atoms with Gasteiger partial charge in [-0.05, 0) is 94.6 Å². The molecule has 0 aliphatic heterocycles. The number of amides is 2. The maximum absolute atomic E-state index is 12.6. The van der Waals surface area contributed by atoms with Crippen molar-refractivity contribution < 1.29 is 14.3 Å². The molecule has 28 heavy (non-hydrogen) atoms. The van der Waals surface area contributed by atoms with Crippen LogP contribution in [0, 0.1) is 17.8 Å². The van der Waals surface area contributed by atoms with E-state index in [2.05, 4.69) is 10.6 Å². The molecule has 2 N–H and O–H groups in total. The third kappa shape index (κ3) is 4.32. The van der Waals surface area contributed by atoms with Crippen LogP contribution in [0.5, 0.6) is 0 Å². The average molecular weight is 386 g/mol. The summed E-state index contributed by atoms with van der Waals surface area (Å²) in [5.41, 5.74) is 1.17. The second-order valence-electron chi connectivity index (χ2n) is 9.29. The van der Waals surface area contributed by atoms with Gasteiger partial charge in [0.15, 0.2) is 0 Å².